The normalized spacial score (nSPS) is 17.3. The molecule has 0 saturated carbocycles. The van der Waals surface area contributed by atoms with Gasteiger partial charge in [-0.25, -0.2) is 4.39 Å². The van der Waals surface area contributed by atoms with E-state index >= 15 is 0 Å². The molecule has 1 saturated heterocycles. The summed E-state index contributed by atoms with van der Waals surface area (Å²) in [4.78, 5) is 2.42. The second kappa shape index (κ2) is 6.11. The Hall–Kier alpha value is -0.740. The van der Waals surface area contributed by atoms with Crippen molar-refractivity contribution in [1.82, 2.24) is 4.90 Å². The number of para-hydroxylation sites is 1. The van der Waals surface area contributed by atoms with Gasteiger partial charge < -0.3 is 5.32 Å². The summed E-state index contributed by atoms with van der Waals surface area (Å²) in [7, 11) is 0. The first-order chi connectivity index (χ1) is 7.86. The van der Waals surface area contributed by atoms with E-state index in [9.17, 15) is 4.39 Å². The molecule has 0 spiro atoms. The zero-order valence-corrected chi connectivity index (χ0v) is 10.1. The average molecular weight is 240 g/mol. The van der Waals surface area contributed by atoms with Crippen molar-refractivity contribution in [3.8, 4) is 0 Å². The number of nitrogens with zero attached hydrogens (tertiary/aromatic N) is 1. The van der Waals surface area contributed by atoms with Crippen molar-refractivity contribution in [3.63, 3.8) is 0 Å². The van der Waals surface area contributed by atoms with E-state index in [4.69, 9.17) is 0 Å². The quantitative estimate of drug-likeness (QED) is 0.869. The zero-order chi connectivity index (χ0) is 11.2. The van der Waals surface area contributed by atoms with Crippen molar-refractivity contribution in [2.24, 2.45) is 0 Å². The van der Waals surface area contributed by atoms with Gasteiger partial charge in [0.25, 0.3) is 0 Å². The molecule has 0 atom stereocenters. The van der Waals surface area contributed by atoms with Crippen LogP contribution in [0.2, 0.25) is 0 Å². The van der Waals surface area contributed by atoms with Crippen molar-refractivity contribution in [2.45, 2.75) is 0 Å². The van der Waals surface area contributed by atoms with Gasteiger partial charge in [-0.15, -0.1) is 0 Å². The third kappa shape index (κ3) is 3.39. The lowest BCUT2D eigenvalue weighted by atomic mass is 10.3. The monoisotopic (exact) mass is 240 g/mol. The van der Waals surface area contributed by atoms with Gasteiger partial charge in [-0.2, -0.15) is 11.8 Å². The number of rotatable bonds is 4. The Labute approximate surface area is 100 Å². The van der Waals surface area contributed by atoms with Crippen molar-refractivity contribution < 1.29 is 4.39 Å². The molecule has 0 aromatic heterocycles. The molecule has 4 heteroatoms. The average Bonchev–Trinajstić information content (AvgIpc) is 2.33. The summed E-state index contributed by atoms with van der Waals surface area (Å²) in [6.45, 7) is 4.12. The lowest BCUT2D eigenvalue weighted by Gasteiger charge is -2.26. The van der Waals surface area contributed by atoms with Gasteiger partial charge in [0.1, 0.15) is 5.82 Å². The van der Waals surface area contributed by atoms with E-state index in [0.717, 1.165) is 26.2 Å². The molecule has 0 amide bonds. The van der Waals surface area contributed by atoms with Gasteiger partial charge in [-0.05, 0) is 12.1 Å². The highest BCUT2D eigenvalue weighted by Gasteiger charge is 2.09. The minimum Gasteiger partial charge on any atom is -0.381 e. The van der Waals surface area contributed by atoms with Crippen molar-refractivity contribution in [1.29, 1.82) is 0 Å². The lowest BCUT2D eigenvalue weighted by Crippen LogP contribution is -2.36. The molecule has 2 rings (SSSR count). The largest absolute Gasteiger partial charge is 0.381 e. The smallest absolute Gasteiger partial charge is 0.146 e. The summed E-state index contributed by atoms with van der Waals surface area (Å²) in [5.74, 6) is 2.27. The van der Waals surface area contributed by atoms with Gasteiger partial charge >= 0.3 is 0 Å². The number of hydrogen-bond donors (Lipinski definition) is 1. The van der Waals surface area contributed by atoms with E-state index in [2.05, 4.69) is 10.2 Å². The minimum absolute atomic E-state index is 0.170. The fourth-order valence-corrected chi connectivity index (χ4v) is 2.76. The third-order valence-electron chi connectivity index (χ3n) is 2.72. The van der Waals surface area contributed by atoms with Gasteiger partial charge in [-0.3, -0.25) is 4.90 Å². The van der Waals surface area contributed by atoms with Crippen LogP contribution in [0.4, 0.5) is 10.1 Å². The second-order valence-corrected chi connectivity index (χ2v) is 5.09. The zero-order valence-electron chi connectivity index (χ0n) is 9.29. The topological polar surface area (TPSA) is 15.3 Å². The maximum absolute atomic E-state index is 13.3. The van der Waals surface area contributed by atoms with Gasteiger partial charge in [0.2, 0.25) is 0 Å². The summed E-state index contributed by atoms with van der Waals surface area (Å²) >= 11 is 2.01. The summed E-state index contributed by atoms with van der Waals surface area (Å²) in [5, 5.41) is 3.14. The molecule has 2 nitrogen and oxygen atoms in total. The van der Waals surface area contributed by atoms with Gasteiger partial charge in [0, 0.05) is 37.7 Å². The second-order valence-electron chi connectivity index (χ2n) is 3.86. The van der Waals surface area contributed by atoms with E-state index in [-0.39, 0.29) is 5.82 Å². The van der Waals surface area contributed by atoms with Crippen LogP contribution in [0.25, 0.3) is 0 Å². The molecule has 1 aromatic rings. The van der Waals surface area contributed by atoms with Crippen LogP contribution in [-0.2, 0) is 0 Å². The van der Waals surface area contributed by atoms with Crippen LogP contribution in [-0.4, -0.2) is 42.6 Å². The number of benzene rings is 1. The maximum Gasteiger partial charge on any atom is 0.146 e. The van der Waals surface area contributed by atoms with Gasteiger partial charge in [-0.1, -0.05) is 12.1 Å². The third-order valence-corrected chi connectivity index (χ3v) is 3.66. The molecule has 0 radical (unpaired) electrons. The van der Waals surface area contributed by atoms with E-state index in [1.807, 2.05) is 17.8 Å². The molecule has 16 heavy (non-hydrogen) atoms. The molecule has 1 aliphatic rings. The Bertz CT molecular complexity index is 327. The van der Waals surface area contributed by atoms with Crippen LogP contribution in [0.3, 0.4) is 0 Å². The van der Waals surface area contributed by atoms with Crippen molar-refractivity contribution >= 4 is 17.4 Å². The Morgan fingerprint density at radius 1 is 1.25 bits per heavy atom. The first-order valence-corrected chi connectivity index (χ1v) is 6.80. The molecule has 1 heterocycles. The predicted molar refractivity (Wildman–Crippen MR) is 68.7 cm³/mol. The van der Waals surface area contributed by atoms with Crippen LogP contribution < -0.4 is 5.32 Å². The number of anilines is 1. The number of nitrogens with one attached hydrogen (secondary N) is 1. The molecular weight excluding hydrogens is 223 g/mol. The van der Waals surface area contributed by atoms with Crippen LogP contribution in [0, 0.1) is 5.82 Å². The first-order valence-electron chi connectivity index (χ1n) is 5.65. The van der Waals surface area contributed by atoms with Crippen LogP contribution in [0.15, 0.2) is 24.3 Å². The van der Waals surface area contributed by atoms with Gasteiger partial charge in [0.15, 0.2) is 0 Å². The van der Waals surface area contributed by atoms with E-state index in [1.54, 1.807) is 12.1 Å². The molecule has 1 N–H and O–H groups in total. The molecule has 1 aliphatic heterocycles. The van der Waals surface area contributed by atoms with Crippen LogP contribution in [0.1, 0.15) is 0 Å². The minimum atomic E-state index is -0.170. The maximum atomic E-state index is 13.3. The SMILES string of the molecule is Fc1ccccc1NCCN1CCSCC1. The number of halogens is 1. The highest BCUT2D eigenvalue weighted by Crippen LogP contribution is 2.12. The molecule has 88 valence electrons. The van der Waals surface area contributed by atoms with Crippen molar-refractivity contribution in [3.05, 3.63) is 30.1 Å². The number of thioether (sulfide) groups is 1. The van der Waals surface area contributed by atoms with Crippen LogP contribution in [0.5, 0.6) is 0 Å². The fraction of sp³-hybridized carbons (Fsp3) is 0.500. The first kappa shape index (κ1) is 11.7. The molecule has 1 aromatic carbocycles. The Kier molecular flexibility index (Phi) is 4.48. The standard InChI is InChI=1S/C12H17FN2S/c13-11-3-1-2-4-12(11)14-5-6-15-7-9-16-10-8-15/h1-4,14H,5-10H2. The Balaban J connectivity index is 1.73. The molecule has 1 fully saturated rings. The highest BCUT2D eigenvalue weighted by molar-refractivity contribution is 7.99. The Morgan fingerprint density at radius 3 is 2.75 bits per heavy atom. The Morgan fingerprint density at radius 2 is 2.00 bits per heavy atom. The van der Waals surface area contributed by atoms with Crippen molar-refractivity contribution in [2.75, 3.05) is 43.0 Å². The van der Waals surface area contributed by atoms with Crippen LogP contribution >= 0.6 is 11.8 Å². The molecular formula is C12H17FN2S. The lowest BCUT2D eigenvalue weighted by molar-refractivity contribution is 0.314. The van der Waals surface area contributed by atoms with E-state index in [0.29, 0.717) is 5.69 Å². The highest BCUT2D eigenvalue weighted by atomic mass is 32.2. The molecule has 0 bridgehead atoms. The summed E-state index contributed by atoms with van der Waals surface area (Å²) < 4.78 is 13.3. The van der Waals surface area contributed by atoms with E-state index < -0.39 is 0 Å². The van der Waals surface area contributed by atoms with E-state index in [1.165, 1.54) is 17.6 Å². The predicted octanol–water partition coefficient (Wildman–Crippen LogP) is 2.29. The molecule has 0 aliphatic carbocycles. The molecule has 0 unspecified atom stereocenters. The number of hydrogen-bond acceptors (Lipinski definition) is 3. The summed E-state index contributed by atoms with van der Waals surface area (Å²) in [5.41, 5.74) is 0.605. The summed E-state index contributed by atoms with van der Waals surface area (Å²) in [6.07, 6.45) is 0. The fourth-order valence-electron chi connectivity index (χ4n) is 1.78. The van der Waals surface area contributed by atoms with Gasteiger partial charge in [0.05, 0.1) is 5.69 Å². The summed E-state index contributed by atoms with van der Waals surface area (Å²) in [6, 6.07) is 6.83.